The van der Waals surface area contributed by atoms with Gasteiger partial charge in [-0.05, 0) is 69.2 Å². The van der Waals surface area contributed by atoms with E-state index in [1.54, 1.807) is 12.3 Å². The van der Waals surface area contributed by atoms with Crippen LogP contribution in [0.4, 0.5) is 21.8 Å². The molecule has 1 saturated carbocycles. The van der Waals surface area contributed by atoms with Crippen molar-refractivity contribution in [3.63, 3.8) is 0 Å². The Morgan fingerprint density at radius 1 is 1.06 bits per heavy atom. The predicted octanol–water partition coefficient (Wildman–Crippen LogP) is 4.07. The number of halogens is 2. The van der Waals surface area contributed by atoms with E-state index >= 15 is 0 Å². The van der Waals surface area contributed by atoms with Crippen molar-refractivity contribution in [2.24, 2.45) is 5.92 Å². The monoisotopic (exact) mass is 485 g/mol. The van der Waals surface area contributed by atoms with Crippen molar-refractivity contribution in [3.05, 3.63) is 41.6 Å². The van der Waals surface area contributed by atoms with Crippen LogP contribution < -0.4 is 15.5 Å². The van der Waals surface area contributed by atoms with Crippen molar-refractivity contribution in [3.8, 4) is 0 Å². The van der Waals surface area contributed by atoms with Gasteiger partial charge in [-0.1, -0.05) is 11.6 Å². The first-order valence-electron chi connectivity index (χ1n) is 11.9. The molecular formula is C24H29ClFN7O. The minimum Gasteiger partial charge on any atom is -0.393 e. The summed E-state index contributed by atoms with van der Waals surface area (Å²) >= 11 is 5.91. The van der Waals surface area contributed by atoms with Gasteiger partial charge in [0.15, 0.2) is 5.82 Å². The van der Waals surface area contributed by atoms with Crippen LogP contribution in [0, 0.1) is 11.7 Å². The topological polar surface area (TPSA) is 99.1 Å². The molecular weight excluding hydrogens is 457 g/mol. The molecule has 2 fully saturated rings. The molecule has 0 bridgehead atoms. The fourth-order valence-corrected chi connectivity index (χ4v) is 4.93. The minimum absolute atomic E-state index is 0.0390. The zero-order chi connectivity index (χ0) is 23.5. The van der Waals surface area contributed by atoms with Crippen LogP contribution >= 0.6 is 11.6 Å². The standard InChI is InChI=1S/C24H29ClFN7O/c25-19-11-17(3-6-20(19)26)31-23-22-21(29-14-30-23)13-28-24(32-22)33-9-7-15(8-10-33)12-27-16-1-4-18(34)5-2-16/h3,6,11,13-16,18,27,34H,1-2,4-5,7-10,12H2,(H,29,30,31). The summed E-state index contributed by atoms with van der Waals surface area (Å²) in [7, 11) is 0. The van der Waals surface area contributed by atoms with Crippen LogP contribution in [0.25, 0.3) is 11.0 Å². The highest BCUT2D eigenvalue weighted by atomic mass is 35.5. The fraction of sp³-hybridized carbons (Fsp3) is 0.500. The van der Waals surface area contributed by atoms with Gasteiger partial charge < -0.3 is 20.6 Å². The van der Waals surface area contributed by atoms with Crippen molar-refractivity contribution < 1.29 is 9.50 Å². The van der Waals surface area contributed by atoms with Crippen LogP contribution in [0.15, 0.2) is 30.7 Å². The van der Waals surface area contributed by atoms with Crippen LogP contribution in [0.5, 0.6) is 0 Å². The molecule has 2 aliphatic rings. The third-order valence-electron chi connectivity index (χ3n) is 6.84. The van der Waals surface area contributed by atoms with Crippen LogP contribution in [0.1, 0.15) is 38.5 Å². The zero-order valence-corrected chi connectivity index (χ0v) is 19.7. The molecule has 1 aromatic carbocycles. The lowest BCUT2D eigenvalue weighted by molar-refractivity contribution is 0.115. The summed E-state index contributed by atoms with van der Waals surface area (Å²) in [6, 6.07) is 4.96. The largest absolute Gasteiger partial charge is 0.393 e. The number of aromatic nitrogens is 4. The van der Waals surface area contributed by atoms with Gasteiger partial charge in [0, 0.05) is 24.8 Å². The number of anilines is 3. The van der Waals surface area contributed by atoms with Crippen LogP contribution in [0.3, 0.4) is 0 Å². The Hall–Kier alpha value is -2.62. The number of hydrogen-bond donors (Lipinski definition) is 3. The van der Waals surface area contributed by atoms with Crippen LogP contribution in [-0.4, -0.2) is 56.8 Å². The molecule has 0 atom stereocenters. The van der Waals surface area contributed by atoms with Gasteiger partial charge >= 0.3 is 0 Å². The van der Waals surface area contributed by atoms with Gasteiger partial charge in [-0.2, -0.15) is 0 Å². The zero-order valence-electron chi connectivity index (χ0n) is 18.9. The first-order valence-corrected chi connectivity index (χ1v) is 12.3. The molecule has 5 rings (SSSR count). The Bertz CT molecular complexity index is 1130. The minimum atomic E-state index is -0.472. The van der Waals surface area contributed by atoms with Gasteiger partial charge in [-0.3, -0.25) is 0 Å². The number of aliphatic hydroxyl groups excluding tert-OH is 1. The van der Waals surface area contributed by atoms with E-state index in [1.807, 2.05) is 0 Å². The van der Waals surface area contributed by atoms with E-state index in [-0.39, 0.29) is 11.1 Å². The summed E-state index contributed by atoms with van der Waals surface area (Å²) in [4.78, 5) is 20.1. The lowest BCUT2D eigenvalue weighted by Gasteiger charge is -2.34. The van der Waals surface area contributed by atoms with E-state index in [1.165, 1.54) is 18.5 Å². The lowest BCUT2D eigenvalue weighted by Crippen LogP contribution is -2.41. The summed E-state index contributed by atoms with van der Waals surface area (Å²) in [6.45, 7) is 2.81. The second-order valence-corrected chi connectivity index (χ2v) is 9.63. The lowest BCUT2D eigenvalue weighted by atomic mass is 9.91. The molecule has 3 aromatic rings. The Morgan fingerprint density at radius 2 is 1.85 bits per heavy atom. The van der Waals surface area contributed by atoms with Crippen molar-refractivity contribution in [2.45, 2.75) is 50.7 Å². The summed E-state index contributed by atoms with van der Waals surface area (Å²) in [5.41, 5.74) is 1.86. The number of nitrogens with zero attached hydrogens (tertiary/aromatic N) is 5. The Morgan fingerprint density at radius 3 is 2.62 bits per heavy atom. The number of fused-ring (bicyclic) bond motifs is 1. The molecule has 0 unspecified atom stereocenters. The number of benzene rings is 1. The Kier molecular flexibility index (Phi) is 7.03. The summed E-state index contributed by atoms with van der Waals surface area (Å²) in [5.74, 6) is 1.34. The van der Waals surface area contributed by atoms with Gasteiger partial charge in [0.25, 0.3) is 0 Å². The van der Waals surface area contributed by atoms with E-state index in [4.69, 9.17) is 16.6 Å². The van der Waals surface area contributed by atoms with E-state index in [0.717, 1.165) is 58.2 Å². The average Bonchev–Trinajstić information content (AvgIpc) is 2.86. The molecule has 0 amide bonds. The van der Waals surface area contributed by atoms with Crippen LogP contribution in [-0.2, 0) is 0 Å². The fourth-order valence-electron chi connectivity index (χ4n) is 4.75. The van der Waals surface area contributed by atoms with Gasteiger partial charge in [-0.25, -0.2) is 24.3 Å². The molecule has 8 nitrogen and oxygen atoms in total. The highest BCUT2D eigenvalue weighted by Crippen LogP contribution is 2.27. The third-order valence-corrected chi connectivity index (χ3v) is 7.13. The van der Waals surface area contributed by atoms with Gasteiger partial charge in [-0.15, -0.1) is 0 Å². The summed E-state index contributed by atoms with van der Waals surface area (Å²) in [6.07, 6.45) is 9.15. The van der Waals surface area contributed by atoms with Crippen LogP contribution in [0.2, 0.25) is 5.02 Å². The molecule has 1 aliphatic carbocycles. The predicted molar refractivity (Wildman–Crippen MR) is 131 cm³/mol. The summed E-state index contributed by atoms with van der Waals surface area (Å²) in [5, 5.41) is 16.6. The number of nitrogens with one attached hydrogen (secondary N) is 2. The van der Waals surface area contributed by atoms with E-state index in [9.17, 15) is 9.50 Å². The van der Waals surface area contributed by atoms with Gasteiger partial charge in [0.05, 0.1) is 17.3 Å². The molecule has 0 radical (unpaired) electrons. The Labute approximate surface area is 203 Å². The second-order valence-electron chi connectivity index (χ2n) is 9.22. The maximum atomic E-state index is 13.5. The number of aliphatic hydroxyl groups is 1. The highest BCUT2D eigenvalue weighted by Gasteiger charge is 2.24. The quantitative estimate of drug-likeness (QED) is 0.480. The number of rotatable bonds is 6. The normalized spacial score (nSPS) is 21.7. The molecule has 10 heteroatoms. The Balaban J connectivity index is 1.23. The number of hydrogen-bond acceptors (Lipinski definition) is 8. The third kappa shape index (κ3) is 5.37. The molecule has 34 heavy (non-hydrogen) atoms. The second kappa shape index (κ2) is 10.3. The maximum absolute atomic E-state index is 13.5. The first kappa shape index (κ1) is 23.1. The first-order chi connectivity index (χ1) is 16.5. The number of piperidine rings is 1. The van der Waals surface area contributed by atoms with E-state index in [2.05, 4.69) is 30.5 Å². The van der Waals surface area contributed by atoms with E-state index in [0.29, 0.717) is 40.4 Å². The molecule has 1 saturated heterocycles. The van der Waals surface area contributed by atoms with Crippen molar-refractivity contribution in [1.29, 1.82) is 0 Å². The maximum Gasteiger partial charge on any atom is 0.226 e. The molecule has 0 spiro atoms. The average molecular weight is 486 g/mol. The van der Waals surface area contributed by atoms with E-state index < -0.39 is 5.82 Å². The smallest absolute Gasteiger partial charge is 0.226 e. The van der Waals surface area contributed by atoms with Crippen molar-refractivity contribution in [1.82, 2.24) is 25.3 Å². The van der Waals surface area contributed by atoms with Gasteiger partial charge in [0.1, 0.15) is 23.2 Å². The highest BCUT2D eigenvalue weighted by molar-refractivity contribution is 6.31. The molecule has 3 heterocycles. The SMILES string of the molecule is OC1CCC(NCC2CCN(c3ncc4ncnc(Nc5ccc(F)c(Cl)c5)c4n3)CC2)CC1. The summed E-state index contributed by atoms with van der Waals surface area (Å²) < 4.78 is 13.5. The molecule has 3 N–H and O–H groups in total. The van der Waals surface area contributed by atoms with Crippen molar-refractivity contribution >= 4 is 40.1 Å². The molecule has 2 aromatic heterocycles. The molecule has 1 aliphatic heterocycles. The van der Waals surface area contributed by atoms with Gasteiger partial charge in [0.2, 0.25) is 5.95 Å². The van der Waals surface area contributed by atoms with Crippen molar-refractivity contribution in [2.75, 3.05) is 29.9 Å². The molecule has 180 valence electrons.